The molecule has 0 N–H and O–H groups in total. The molecular formula is C17H23NO2. The summed E-state index contributed by atoms with van der Waals surface area (Å²) in [6.45, 7) is 3.76. The predicted octanol–water partition coefficient (Wildman–Crippen LogP) is 3.09. The first kappa shape index (κ1) is 13.6. The summed E-state index contributed by atoms with van der Waals surface area (Å²) in [5.41, 5.74) is 0.742. The van der Waals surface area contributed by atoms with Gasteiger partial charge in [0.2, 0.25) is 0 Å². The summed E-state index contributed by atoms with van der Waals surface area (Å²) in [6, 6.07) is 10.8. The molecule has 0 amide bonds. The lowest BCUT2D eigenvalue weighted by molar-refractivity contribution is -0.168. The number of fused-ring (bicyclic) bond motifs is 1. The van der Waals surface area contributed by atoms with Gasteiger partial charge in [0.05, 0.1) is 0 Å². The fourth-order valence-electron chi connectivity index (χ4n) is 3.82. The number of hydrogen-bond acceptors (Lipinski definition) is 3. The quantitative estimate of drug-likeness (QED) is 0.776. The van der Waals surface area contributed by atoms with Gasteiger partial charge in [0, 0.05) is 32.4 Å². The van der Waals surface area contributed by atoms with Gasteiger partial charge in [-0.05, 0) is 24.9 Å². The SMILES string of the molecule is CC(=O)O[C@]1(c2ccccc2)CCN2CCCC[C@H]2C1. The Morgan fingerprint density at radius 2 is 2.05 bits per heavy atom. The van der Waals surface area contributed by atoms with Crippen molar-refractivity contribution in [2.24, 2.45) is 0 Å². The van der Waals surface area contributed by atoms with E-state index in [1.54, 1.807) is 0 Å². The minimum absolute atomic E-state index is 0.168. The zero-order valence-corrected chi connectivity index (χ0v) is 12.2. The van der Waals surface area contributed by atoms with E-state index >= 15 is 0 Å². The van der Waals surface area contributed by atoms with Crippen molar-refractivity contribution in [3.63, 3.8) is 0 Å². The van der Waals surface area contributed by atoms with Gasteiger partial charge in [0.25, 0.3) is 0 Å². The molecule has 108 valence electrons. The molecule has 0 aromatic heterocycles. The highest BCUT2D eigenvalue weighted by Crippen LogP contribution is 2.41. The van der Waals surface area contributed by atoms with E-state index in [1.807, 2.05) is 18.2 Å². The van der Waals surface area contributed by atoms with Gasteiger partial charge in [-0.2, -0.15) is 0 Å². The molecule has 2 aliphatic heterocycles. The molecule has 0 spiro atoms. The second-order valence-electron chi connectivity index (χ2n) is 6.09. The van der Waals surface area contributed by atoms with Crippen molar-refractivity contribution >= 4 is 5.97 Å². The smallest absolute Gasteiger partial charge is 0.303 e. The molecule has 0 bridgehead atoms. The van der Waals surface area contributed by atoms with Crippen LogP contribution in [0.25, 0.3) is 0 Å². The van der Waals surface area contributed by atoms with Crippen LogP contribution in [-0.4, -0.2) is 30.0 Å². The summed E-state index contributed by atoms with van der Waals surface area (Å²) < 4.78 is 5.85. The number of carbonyl (C=O) groups is 1. The van der Waals surface area contributed by atoms with Crippen LogP contribution in [0.1, 0.15) is 44.6 Å². The largest absolute Gasteiger partial charge is 0.454 e. The molecule has 1 aromatic carbocycles. The molecule has 0 radical (unpaired) electrons. The van der Waals surface area contributed by atoms with Crippen molar-refractivity contribution in [3.05, 3.63) is 35.9 Å². The van der Waals surface area contributed by atoms with Gasteiger partial charge in [-0.3, -0.25) is 4.79 Å². The number of ether oxygens (including phenoxy) is 1. The number of nitrogens with zero attached hydrogens (tertiary/aromatic N) is 1. The third-order valence-electron chi connectivity index (χ3n) is 4.76. The first-order valence-electron chi connectivity index (χ1n) is 7.69. The van der Waals surface area contributed by atoms with Crippen LogP contribution in [0.15, 0.2) is 30.3 Å². The summed E-state index contributed by atoms with van der Waals surface area (Å²) >= 11 is 0. The minimum Gasteiger partial charge on any atom is -0.454 e. The highest BCUT2D eigenvalue weighted by atomic mass is 16.6. The van der Waals surface area contributed by atoms with Crippen LogP contribution < -0.4 is 0 Å². The predicted molar refractivity (Wildman–Crippen MR) is 78.3 cm³/mol. The molecule has 2 heterocycles. The summed E-state index contributed by atoms with van der Waals surface area (Å²) in [7, 11) is 0. The average molecular weight is 273 g/mol. The van der Waals surface area contributed by atoms with Gasteiger partial charge >= 0.3 is 5.97 Å². The maximum atomic E-state index is 11.6. The van der Waals surface area contributed by atoms with Crippen LogP contribution in [0.5, 0.6) is 0 Å². The molecule has 0 saturated carbocycles. The molecule has 2 saturated heterocycles. The highest BCUT2D eigenvalue weighted by Gasteiger charge is 2.44. The Morgan fingerprint density at radius 3 is 2.80 bits per heavy atom. The zero-order valence-electron chi connectivity index (χ0n) is 12.2. The normalized spacial score (nSPS) is 30.6. The van der Waals surface area contributed by atoms with Gasteiger partial charge in [-0.1, -0.05) is 36.8 Å². The number of hydrogen-bond donors (Lipinski definition) is 0. The number of benzene rings is 1. The number of esters is 1. The van der Waals surface area contributed by atoms with Gasteiger partial charge < -0.3 is 9.64 Å². The van der Waals surface area contributed by atoms with Crippen LogP contribution in [0, 0.1) is 0 Å². The van der Waals surface area contributed by atoms with Crippen molar-refractivity contribution in [2.75, 3.05) is 13.1 Å². The number of piperidine rings is 2. The summed E-state index contributed by atoms with van der Waals surface area (Å²) in [5.74, 6) is -0.168. The van der Waals surface area contributed by atoms with Crippen molar-refractivity contribution in [1.82, 2.24) is 4.90 Å². The Hall–Kier alpha value is -1.35. The first-order chi connectivity index (χ1) is 9.70. The molecule has 2 atom stereocenters. The topological polar surface area (TPSA) is 29.5 Å². The van der Waals surface area contributed by atoms with Crippen molar-refractivity contribution < 1.29 is 9.53 Å². The number of carbonyl (C=O) groups excluding carboxylic acids is 1. The lowest BCUT2D eigenvalue weighted by atomic mass is 9.78. The zero-order chi connectivity index (χ0) is 14.0. The molecule has 3 heteroatoms. The summed E-state index contributed by atoms with van der Waals surface area (Å²) in [4.78, 5) is 14.2. The third kappa shape index (κ3) is 2.59. The molecule has 3 nitrogen and oxygen atoms in total. The Balaban J connectivity index is 1.89. The Bertz CT molecular complexity index is 473. The summed E-state index contributed by atoms with van der Waals surface area (Å²) in [6.07, 6.45) is 5.69. The van der Waals surface area contributed by atoms with Crippen LogP contribution in [0.2, 0.25) is 0 Å². The van der Waals surface area contributed by atoms with Crippen LogP contribution in [0.3, 0.4) is 0 Å². The van der Waals surface area contributed by atoms with Gasteiger partial charge in [0.15, 0.2) is 0 Å². The minimum atomic E-state index is -0.411. The maximum absolute atomic E-state index is 11.6. The van der Waals surface area contributed by atoms with Gasteiger partial charge in [0.1, 0.15) is 5.60 Å². The second kappa shape index (κ2) is 5.57. The highest BCUT2D eigenvalue weighted by molar-refractivity contribution is 5.67. The van der Waals surface area contributed by atoms with E-state index in [1.165, 1.54) is 32.7 Å². The standard InChI is InChI=1S/C17H23NO2/c1-14(19)20-17(15-7-3-2-4-8-15)10-12-18-11-6-5-9-16(18)13-17/h2-4,7-8,16H,5-6,9-13H2,1H3/t16-,17+/m0/s1. The Morgan fingerprint density at radius 1 is 1.25 bits per heavy atom. The molecule has 0 aliphatic carbocycles. The van der Waals surface area contributed by atoms with E-state index in [0.29, 0.717) is 6.04 Å². The first-order valence-corrected chi connectivity index (χ1v) is 7.69. The molecule has 3 rings (SSSR count). The van der Waals surface area contributed by atoms with E-state index in [0.717, 1.165) is 24.9 Å². The van der Waals surface area contributed by atoms with E-state index in [9.17, 15) is 4.79 Å². The second-order valence-corrected chi connectivity index (χ2v) is 6.09. The Kier molecular flexibility index (Phi) is 3.79. The lowest BCUT2D eigenvalue weighted by Gasteiger charge is -2.48. The lowest BCUT2D eigenvalue weighted by Crippen LogP contribution is -2.52. The van der Waals surface area contributed by atoms with Crippen molar-refractivity contribution in [1.29, 1.82) is 0 Å². The maximum Gasteiger partial charge on any atom is 0.303 e. The van der Waals surface area contributed by atoms with Gasteiger partial charge in [-0.15, -0.1) is 0 Å². The van der Waals surface area contributed by atoms with Crippen molar-refractivity contribution in [2.45, 2.75) is 50.7 Å². The molecule has 2 fully saturated rings. The van der Waals surface area contributed by atoms with Crippen LogP contribution >= 0.6 is 0 Å². The Labute approximate surface area is 120 Å². The molecular weight excluding hydrogens is 250 g/mol. The van der Waals surface area contributed by atoms with E-state index in [-0.39, 0.29) is 5.97 Å². The molecule has 0 unspecified atom stereocenters. The molecule has 20 heavy (non-hydrogen) atoms. The summed E-state index contributed by atoms with van der Waals surface area (Å²) in [5, 5.41) is 0. The van der Waals surface area contributed by atoms with Gasteiger partial charge in [-0.25, -0.2) is 0 Å². The van der Waals surface area contributed by atoms with E-state index in [4.69, 9.17) is 4.74 Å². The fraction of sp³-hybridized carbons (Fsp3) is 0.588. The van der Waals surface area contributed by atoms with Crippen LogP contribution in [0.4, 0.5) is 0 Å². The molecule has 1 aromatic rings. The van der Waals surface area contributed by atoms with E-state index < -0.39 is 5.60 Å². The monoisotopic (exact) mass is 273 g/mol. The number of rotatable bonds is 2. The molecule has 2 aliphatic rings. The van der Waals surface area contributed by atoms with E-state index in [2.05, 4.69) is 17.0 Å². The third-order valence-corrected chi connectivity index (χ3v) is 4.76. The van der Waals surface area contributed by atoms with Crippen molar-refractivity contribution in [3.8, 4) is 0 Å². The fourth-order valence-corrected chi connectivity index (χ4v) is 3.82. The average Bonchev–Trinajstić information content (AvgIpc) is 2.47. The van der Waals surface area contributed by atoms with Crippen LogP contribution in [-0.2, 0) is 15.1 Å².